The highest BCUT2D eigenvalue weighted by atomic mass is 32.2. The van der Waals surface area contributed by atoms with Crippen LogP contribution in [0.3, 0.4) is 0 Å². The number of anilines is 1. The van der Waals surface area contributed by atoms with E-state index in [0.717, 1.165) is 62.9 Å². The van der Waals surface area contributed by atoms with E-state index in [1.807, 2.05) is 23.6 Å². The van der Waals surface area contributed by atoms with Gasteiger partial charge in [0.15, 0.2) is 0 Å². The van der Waals surface area contributed by atoms with Crippen molar-refractivity contribution in [2.45, 2.75) is 19.4 Å². The molecule has 2 aliphatic rings. The van der Waals surface area contributed by atoms with Gasteiger partial charge in [0.25, 0.3) is 0 Å². The fourth-order valence-corrected chi connectivity index (χ4v) is 3.99. The number of hydrogen-bond acceptors (Lipinski definition) is 4. The number of nitrogens with one attached hydrogen (secondary N) is 1. The van der Waals surface area contributed by atoms with Crippen LogP contribution >= 0.6 is 11.8 Å². The SMILES string of the molecule is CC(NC(=O)N1CCCSCC1)c1ccc(N2CCOCC2)cc1. The third-order valence-electron chi connectivity index (χ3n) is 4.62. The Morgan fingerprint density at radius 2 is 1.88 bits per heavy atom. The first-order valence-electron chi connectivity index (χ1n) is 8.80. The fourth-order valence-electron chi connectivity index (χ4n) is 3.10. The lowest BCUT2D eigenvalue weighted by atomic mass is 10.1. The molecule has 0 aromatic heterocycles. The van der Waals surface area contributed by atoms with Crippen molar-refractivity contribution in [3.8, 4) is 0 Å². The van der Waals surface area contributed by atoms with Gasteiger partial charge in [-0.3, -0.25) is 0 Å². The summed E-state index contributed by atoms with van der Waals surface area (Å²) in [6.45, 7) is 7.23. The van der Waals surface area contributed by atoms with Crippen molar-refractivity contribution < 1.29 is 9.53 Å². The summed E-state index contributed by atoms with van der Waals surface area (Å²) in [5.74, 6) is 2.19. The minimum atomic E-state index is 0.0205. The highest BCUT2D eigenvalue weighted by Gasteiger charge is 2.18. The second-order valence-electron chi connectivity index (χ2n) is 6.32. The van der Waals surface area contributed by atoms with E-state index in [2.05, 4.69) is 34.5 Å². The van der Waals surface area contributed by atoms with Gasteiger partial charge in [0.1, 0.15) is 0 Å². The summed E-state index contributed by atoms with van der Waals surface area (Å²) in [4.78, 5) is 16.7. The maximum absolute atomic E-state index is 12.4. The maximum Gasteiger partial charge on any atom is 0.317 e. The second-order valence-corrected chi connectivity index (χ2v) is 7.54. The Bertz CT molecular complexity index is 524. The molecule has 5 nitrogen and oxygen atoms in total. The van der Waals surface area contributed by atoms with E-state index in [4.69, 9.17) is 4.74 Å². The molecule has 6 heteroatoms. The summed E-state index contributed by atoms with van der Waals surface area (Å²) in [5, 5.41) is 3.14. The number of carbonyl (C=O) groups is 1. The molecule has 1 atom stereocenters. The molecule has 1 aromatic carbocycles. The van der Waals surface area contributed by atoms with E-state index < -0.39 is 0 Å². The van der Waals surface area contributed by atoms with Crippen molar-refractivity contribution in [2.24, 2.45) is 0 Å². The minimum Gasteiger partial charge on any atom is -0.378 e. The van der Waals surface area contributed by atoms with Crippen molar-refractivity contribution in [2.75, 3.05) is 55.8 Å². The zero-order chi connectivity index (χ0) is 16.8. The molecule has 3 rings (SSSR count). The normalized spacial score (nSPS) is 20.4. The van der Waals surface area contributed by atoms with Crippen LogP contribution in [0.5, 0.6) is 0 Å². The lowest BCUT2D eigenvalue weighted by molar-refractivity contribution is 0.122. The average molecular weight is 350 g/mol. The summed E-state index contributed by atoms with van der Waals surface area (Å²) in [5.41, 5.74) is 2.37. The molecule has 24 heavy (non-hydrogen) atoms. The van der Waals surface area contributed by atoms with Crippen LogP contribution in [0.25, 0.3) is 0 Å². The van der Waals surface area contributed by atoms with Gasteiger partial charge in [-0.15, -0.1) is 0 Å². The van der Waals surface area contributed by atoms with Crippen LogP contribution in [0.4, 0.5) is 10.5 Å². The highest BCUT2D eigenvalue weighted by Crippen LogP contribution is 2.20. The molecule has 2 saturated heterocycles. The first-order chi connectivity index (χ1) is 11.7. The Morgan fingerprint density at radius 1 is 1.12 bits per heavy atom. The van der Waals surface area contributed by atoms with Gasteiger partial charge in [-0.2, -0.15) is 11.8 Å². The molecular weight excluding hydrogens is 322 g/mol. The van der Waals surface area contributed by atoms with Gasteiger partial charge >= 0.3 is 6.03 Å². The first kappa shape index (κ1) is 17.4. The Hall–Kier alpha value is -1.40. The van der Waals surface area contributed by atoms with Crippen LogP contribution in [0.1, 0.15) is 24.9 Å². The Labute approximate surface area is 148 Å². The van der Waals surface area contributed by atoms with Crippen LogP contribution in [0.15, 0.2) is 24.3 Å². The standard InChI is InChI=1S/C18H27N3O2S/c1-15(19-18(22)21-7-2-13-24-14-10-21)16-3-5-17(6-4-16)20-8-11-23-12-9-20/h3-6,15H,2,7-14H2,1H3,(H,19,22). The number of thioether (sulfide) groups is 1. The van der Waals surface area contributed by atoms with E-state index in [9.17, 15) is 4.79 Å². The van der Waals surface area contributed by atoms with Crippen LogP contribution < -0.4 is 10.2 Å². The molecule has 132 valence electrons. The lowest BCUT2D eigenvalue weighted by Crippen LogP contribution is -2.42. The van der Waals surface area contributed by atoms with E-state index in [1.54, 1.807) is 0 Å². The largest absolute Gasteiger partial charge is 0.378 e. The number of urea groups is 1. The van der Waals surface area contributed by atoms with Gasteiger partial charge in [0.05, 0.1) is 19.3 Å². The van der Waals surface area contributed by atoms with Gasteiger partial charge < -0.3 is 19.9 Å². The molecule has 0 spiro atoms. The van der Waals surface area contributed by atoms with Gasteiger partial charge in [0.2, 0.25) is 0 Å². The molecule has 0 saturated carbocycles. The second kappa shape index (κ2) is 8.62. The summed E-state index contributed by atoms with van der Waals surface area (Å²) < 4.78 is 5.40. The van der Waals surface area contributed by atoms with E-state index in [-0.39, 0.29) is 12.1 Å². The summed E-state index contributed by atoms with van der Waals surface area (Å²) in [6.07, 6.45) is 1.08. The number of ether oxygens (including phenoxy) is 1. The molecule has 1 N–H and O–H groups in total. The van der Waals surface area contributed by atoms with Crippen LogP contribution in [-0.4, -0.2) is 61.8 Å². The fraction of sp³-hybridized carbons (Fsp3) is 0.611. The number of hydrogen-bond donors (Lipinski definition) is 1. The molecule has 2 amide bonds. The third-order valence-corrected chi connectivity index (χ3v) is 5.67. The van der Waals surface area contributed by atoms with Crippen LogP contribution in [-0.2, 0) is 4.74 Å². The zero-order valence-electron chi connectivity index (χ0n) is 14.4. The lowest BCUT2D eigenvalue weighted by Gasteiger charge is -2.29. The number of benzene rings is 1. The van der Waals surface area contributed by atoms with Crippen molar-refractivity contribution in [1.82, 2.24) is 10.2 Å². The van der Waals surface area contributed by atoms with Crippen molar-refractivity contribution >= 4 is 23.5 Å². The monoisotopic (exact) mass is 349 g/mol. The summed E-state index contributed by atoms with van der Waals surface area (Å²) in [6, 6.07) is 8.61. The minimum absolute atomic E-state index is 0.0205. The quantitative estimate of drug-likeness (QED) is 0.911. The molecule has 1 unspecified atom stereocenters. The average Bonchev–Trinajstić information content (AvgIpc) is 2.92. The Kier molecular flexibility index (Phi) is 6.26. The van der Waals surface area contributed by atoms with Gasteiger partial charge in [-0.25, -0.2) is 4.79 Å². The summed E-state index contributed by atoms with van der Waals surface area (Å²) >= 11 is 1.93. The first-order valence-corrected chi connectivity index (χ1v) is 9.95. The molecule has 2 fully saturated rings. The van der Waals surface area contributed by atoms with Crippen LogP contribution in [0, 0.1) is 0 Å². The maximum atomic E-state index is 12.4. The predicted molar refractivity (Wildman–Crippen MR) is 99.9 cm³/mol. The molecule has 0 bridgehead atoms. The smallest absolute Gasteiger partial charge is 0.317 e. The van der Waals surface area contributed by atoms with Crippen molar-refractivity contribution in [1.29, 1.82) is 0 Å². The molecule has 2 heterocycles. The number of nitrogens with zero attached hydrogens (tertiary/aromatic N) is 2. The summed E-state index contributed by atoms with van der Waals surface area (Å²) in [7, 11) is 0. The number of amides is 2. The Balaban J connectivity index is 1.56. The molecule has 1 aromatic rings. The van der Waals surface area contributed by atoms with E-state index in [0.29, 0.717) is 0 Å². The number of carbonyl (C=O) groups excluding carboxylic acids is 1. The van der Waals surface area contributed by atoms with Gasteiger partial charge in [0, 0.05) is 37.6 Å². The Morgan fingerprint density at radius 3 is 2.62 bits per heavy atom. The van der Waals surface area contributed by atoms with Gasteiger partial charge in [-0.05, 0) is 36.8 Å². The molecular formula is C18H27N3O2S. The van der Waals surface area contributed by atoms with E-state index >= 15 is 0 Å². The zero-order valence-corrected chi connectivity index (χ0v) is 15.2. The van der Waals surface area contributed by atoms with Crippen molar-refractivity contribution in [3.63, 3.8) is 0 Å². The van der Waals surface area contributed by atoms with Crippen LogP contribution in [0.2, 0.25) is 0 Å². The van der Waals surface area contributed by atoms with Crippen molar-refractivity contribution in [3.05, 3.63) is 29.8 Å². The highest BCUT2D eigenvalue weighted by molar-refractivity contribution is 7.99. The van der Waals surface area contributed by atoms with Gasteiger partial charge in [-0.1, -0.05) is 12.1 Å². The third kappa shape index (κ3) is 4.57. The topological polar surface area (TPSA) is 44.8 Å². The number of rotatable bonds is 3. The molecule has 0 radical (unpaired) electrons. The van der Waals surface area contributed by atoms with E-state index in [1.165, 1.54) is 5.69 Å². The molecule has 0 aliphatic carbocycles. The predicted octanol–water partition coefficient (Wildman–Crippen LogP) is 2.73. The molecule has 2 aliphatic heterocycles. The number of morpholine rings is 1.